The number of carbonyl (C=O) groups excluding carboxylic acids is 1. The summed E-state index contributed by atoms with van der Waals surface area (Å²) < 4.78 is 11.2. The maximum absolute atomic E-state index is 12.7. The second kappa shape index (κ2) is 7.19. The molecule has 0 amide bonds. The van der Waals surface area contributed by atoms with Gasteiger partial charge >= 0.3 is 0 Å². The van der Waals surface area contributed by atoms with E-state index in [0.717, 1.165) is 5.56 Å². The molecule has 2 rings (SSSR count). The number of hydrogen-bond acceptors (Lipinski definition) is 3. The van der Waals surface area contributed by atoms with Gasteiger partial charge in [0.15, 0.2) is 5.78 Å². The second-order valence-corrected chi connectivity index (χ2v) is 6.04. The summed E-state index contributed by atoms with van der Waals surface area (Å²) in [4.78, 5) is 12.7. The highest BCUT2D eigenvalue weighted by Crippen LogP contribution is 2.28. The Kier molecular flexibility index (Phi) is 5.54. The third-order valence-corrected chi connectivity index (χ3v) is 4.24. The van der Waals surface area contributed by atoms with Crippen LogP contribution in [0.1, 0.15) is 50.7 Å². The largest absolute Gasteiger partial charge is 0.381 e. The standard InChI is InChI=1S/C18H26O3/c1-4-21-18(9-11-20-12-10-18)17(19)13-15-5-7-16(8-6-15)14(2)3/h5-8,14H,4,9-13H2,1-3H3. The maximum atomic E-state index is 12.7. The van der Waals surface area contributed by atoms with Crippen molar-refractivity contribution in [2.75, 3.05) is 19.8 Å². The van der Waals surface area contributed by atoms with Crippen LogP contribution in [0.4, 0.5) is 0 Å². The van der Waals surface area contributed by atoms with Crippen LogP contribution in [-0.4, -0.2) is 31.2 Å². The van der Waals surface area contributed by atoms with Gasteiger partial charge in [-0.25, -0.2) is 0 Å². The van der Waals surface area contributed by atoms with Crippen LogP contribution >= 0.6 is 0 Å². The van der Waals surface area contributed by atoms with Crippen LogP contribution in [0.25, 0.3) is 0 Å². The van der Waals surface area contributed by atoms with Crippen molar-refractivity contribution in [3.05, 3.63) is 35.4 Å². The second-order valence-electron chi connectivity index (χ2n) is 6.04. The highest BCUT2D eigenvalue weighted by molar-refractivity contribution is 5.89. The highest BCUT2D eigenvalue weighted by Gasteiger charge is 2.40. The van der Waals surface area contributed by atoms with Gasteiger partial charge in [0, 0.05) is 39.1 Å². The van der Waals surface area contributed by atoms with Crippen LogP contribution in [0.15, 0.2) is 24.3 Å². The van der Waals surface area contributed by atoms with Crippen molar-refractivity contribution in [3.8, 4) is 0 Å². The lowest BCUT2D eigenvalue weighted by Crippen LogP contribution is -2.47. The van der Waals surface area contributed by atoms with Gasteiger partial charge in [-0.05, 0) is 24.0 Å². The summed E-state index contributed by atoms with van der Waals surface area (Å²) in [5.74, 6) is 0.699. The quantitative estimate of drug-likeness (QED) is 0.804. The minimum Gasteiger partial charge on any atom is -0.381 e. The van der Waals surface area contributed by atoms with E-state index >= 15 is 0 Å². The number of ether oxygens (including phenoxy) is 2. The summed E-state index contributed by atoms with van der Waals surface area (Å²) in [6.07, 6.45) is 1.78. The smallest absolute Gasteiger partial charge is 0.169 e. The van der Waals surface area contributed by atoms with Gasteiger partial charge in [-0.3, -0.25) is 4.79 Å². The van der Waals surface area contributed by atoms with E-state index in [1.54, 1.807) is 0 Å². The molecule has 0 saturated carbocycles. The maximum Gasteiger partial charge on any atom is 0.169 e. The molecule has 0 aliphatic carbocycles. The number of rotatable bonds is 6. The lowest BCUT2D eigenvalue weighted by atomic mass is 9.86. The summed E-state index contributed by atoms with van der Waals surface area (Å²) in [5.41, 5.74) is 1.73. The summed E-state index contributed by atoms with van der Waals surface area (Å²) in [5, 5.41) is 0. The van der Waals surface area contributed by atoms with E-state index in [1.807, 2.05) is 6.92 Å². The van der Waals surface area contributed by atoms with E-state index in [-0.39, 0.29) is 5.78 Å². The molecule has 116 valence electrons. The fourth-order valence-electron chi connectivity index (χ4n) is 2.85. The van der Waals surface area contributed by atoms with Crippen molar-refractivity contribution in [1.82, 2.24) is 0 Å². The van der Waals surface area contributed by atoms with Crippen molar-refractivity contribution in [2.24, 2.45) is 0 Å². The van der Waals surface area contributed by atoms with Crippen molar-refractivity contribution < 1.29 is 14.3 Å². The minimum absolute atomic E-state index is 0.185. The van der Waals surface area contributed by atoms with Gasteiger partial charge in [0.2, 0.25) is 0 Å². The SMILES string of the molecule is CCOC1(C(=O)Cc2ccc(C(C)C)cc2)CCOCC1. The van der Waals surface area contributed by atoms with Crippen molar-refractivity contribution in [3.63, 3.8) is 0 Å². The first-order valence-corrected chi connectivity index (χ1v) is 7.91. The van der Waals surface area contributed by atoms with Crippen LogP contribution in [0.5, 0.6) is 0 Å². The van der Waals surface area contributed by atoms with Crippen molar-refractivity contribution in [2.45, 2.75) is 51.6 Å². The Bertz CT molecular complexity index is 450. The Hall–Kier alpha value is -1.19. The molecule has 3 heteroatoms. The molecule has 0 unspecified atom stereocenters. The third kappa shape index (κ3) is 3.92. The number of hydrogen-bond donors (Lipinski definition) is 0. The van der Waals surface area contributed by atoms with E-state index in [9.17, 15) is 4.79 Å². The van der Waals surface area contributed by atoms with Crippen LogP contribution < -0.4 is 0 Å². The fourth-order valence-corrected chi connectivity index (χ4v) is 2.85. The molecule has 1 aliphatic rings. The average Bonchev–Trinajstić information content (AvgIpc) is 2.49. The zero-order valence-corrected chi connectivity index (χ0v) is 13.4. The number of ketones is 1. The number of benzene rings is 1. The van der Waals surface area contributed by atoms with Crippen LogP contribution in [0.2, 0.25) is 0 Å². The lowest BCUT2D eigenvalue weighted by molar-refractivity contribution is -0.156. The molecule has 1 aliphatic heterocycles. The van der Waals surface area contributed by atoms with Crippen molar-refractivity contribution >= 4 is 5.78 Å². The molecule has 1 aromatic rings. The average molecular weight is 290 g/mol. The zero-order chi connectivity index (χ0) is 15.3. The molecule has 3 nitrogen and oxygen atoms in total. The van der Waals surface area contributed by atoms with Gasteiger partial charge in [-0.15, -0.1) is 0 Å². The molecule has 0 radical (unpaired) electrons. The van der Waals surface area contributed by atoms with E-state index in [1.165, 1.54) is 5.56 Å². The van der Waals surface area contributed by atoms with Gasteiger partial charge in [0.25, 0.3) is 0 Å². The summed E-state index contributed by atoms with van der Waals surface area (Å²) in [6.45, 7) is 8.08. The summed E-state index contributed by atoms with van der Waals surface area (Å²) in [6, 6.07) is 8.35. The number of Topliss-reactive ketones (excluding diaryl/α,β-unsaturated/α-hetero) is 1. The van der Waals surface area contributed by atoms with E-state index < -0.39 is 5.60 Å². The Morgan fingerprint density at radius 3 is 2.38 bits per heavy atom. The van der Waals surface area contributed by atoms with E-state index in [0.29, 0.717) is 45.0 Å². The van der Waals surface area contributed by atoms with Crippen LogP contribution in [0, 0.1) is 0 Å². The normalized spacial score (nSPS) is 17.9. The number of carbonyl (C=O) groups is 1. The molecule has 0 atom stereocenters. The molecule has 0 bridgehead atoms. The topological polar surface area (TPSA) is 35.5 Å². The summed E-state index contributed by atoms with van der Waals surface area (Å²) in [7, 11) is 0. The molecule has 0 N–H and O–H groups in total. The Morgan fingerprint density at radius 2 is 1.86 bits per heavy atom. The first-order chi connectivity index (χ1) is 10.1. The minimum atomic E-state index is -0.635. The van der Waals surface area contributed by atoms with Crippen LogP contribution in [0.3, 0.4) is 0 Å². The first kappa shape index (κ1) is 16.2. The van der Waals surface area contributed by atoms with Crippen molar-refractivity contribution in [1.29, 1.82) is 0 Å². The molecule has 1 fully saturated rings. The molecular formula is C18H26O3. The van der Waals surface area contributed by atoms with Gasteiger partial charge in [0.05, 0.1) is 0 Å². The van der Waals surface area contributed by atoms with Gasteiger partial charge in [-0.1, -0.05) is 38.1 Å². The molecule has 0 aromatic heterocycles. The molecule has 0 spiro atoms. The Labute approximate surface area is 127 Å². The van der Waals surface area contributed by atoms with Gasteiger partial charge < -0.3 is 9.47 Å². The fraction of sp³-hybridized carbons (Fsp3) is 0.611. The monoisotopic (exact) mass is 290 g/mol. The highest BCUT2D eigenvalue weighted by atomic mass is 16.5. The Morgan fingerprint density at radius 1 is 1.24 bits per heavy atom. The predicted octanol–water partition coefficient (Wildman–Crippen LogP) is 3.51. The van der Waals surface area contributed by atoms with Gasteiger partial charge in [0.1, 0.15) is 5.60 Å². The summed E-state index contributed by atoms with van der Waals surface area (Å²) >= 11 is 0. The lowest BCUT2D eigenvalue weighted by Gasteiger charge is -2.35. The molecule has 1 saturated heterocycles. The van der Waals surface area contributed by atoms with E-state index in [4.69, 9.17) is 9.47 Å². The first-order valence-electron chi connectivity index (χ1n) is 7.91. The molecule has 1 heterocycles. The molecule has 1 aromatic carbocycles. The zero-order valence-electron chi connectivity index (χ0n) is 13.4. The third-order valence-electron chi connectivity index (χ3n) is 4.24. The van der Waals surface area contributed by atoms with E-state index in [2.05, 4.69) is 38.1 Å². The predicted molar refractivity (Wildman–Crippen MR) is 83.7 cm³/mol. The van der Waals surface area contributed by atoms with Crippen LogP contribution in [-0.2, 0) is 20.7 Å². The van der Waals surface area contributed by atoms with Gasteiger partial charge in [-0.2, -0.15) is 0 Å². The Balaban J connectivity index is 2.07. The molecule has 21 heavy (non-hydrogen) atoms. The molecular weight excluding hydrogens is 264 g/mol.